The van der Waals surface area contributed by atoms with Crippen LogP contribution in [0.3, 0.4) is 0 Å². The quantitative estimate of drug-likeness (QED) is 0.339. The Hall–Kier alpha value is -4.15. The van der Waals surface area contributed by atoms with Crippen LogP contribution in [0, 0.1) is 31.0 Å². The summed E-state index contributed by atoms with van der Waals surface area (Å²) in [6, 6.07) is 17.5. The molecule has 34 heavy (non-hydrogen) atoms. The minimum Gasteiger partial charge on any atom is -0.482 e. The summed E-state index contributed by atoms with van der Waals surface area (Å²) in [6.07, 6.45) is 1.41. The number of nitrogens with zero attached hydrogens (tertiary/aromatic N) is 1. The standard InChI is InChI=1S/C26H21ClFN3O3/c1-16-3-9-23(17(2)11-16)31-26(33)19(14-29)12-18-4-10-24(22(27)13-18)34-15-25(32)30-21-7-5-20(28)6-8-21/h3-13H,15H2,1-2H3,(H,30,32)(H,31,33). The van der Waals surface area contributed by atoms with Crippen LogP contribution in [0.25, 0.3) is 6.08 Å². The zero-order valence-corrected chi connectivity index (χ0v) is 19.2. The third kappa shape index (κ3) is 6.67. The van der Waals surface area contributed by atoms with Gasteiger partial charge in [-0.2, -0.15) is 5.26 Å². The van der Waals surface area contributed by atoms with Crippen molar-refractivity contribution in [2.45, 2.75) is 13.8 Å². The van der Waals surface area contributed by atoms with Gasteiger partial charge in [0, 0.05) is 11.4 Å². The van der Waals surface area contributed by atoms with Gasteiger partial charge in [-0.15, -0.1) is 0 Å². The van der Waals surface area contributed by atoms with Gasteiger partial charge in [-0.1, -0.05) is 35.4 Å². The maximum absolute atomic E-state index is 12.9. The van der Waals surface area contributed by atoms with E-state index in [1.165, 1.54) is 42.5 Å². The van der Waals surface area contributed by atoms with E-state index in [1.807, 2.05) is 32.0 Å². The second kappa shape index (κ2) is 11.1. The second-order valence-corrected chi connectivity index (χ2v) is 7.88. The molecule has 0 unspecified atom stereocenters. The lowest BCUT2D eigenvalue weighted by atomic mass is 10.1. The molecule has 2 N–H and O–H groups in total. The minimum absolute atomic E-state index is 0.0941. The molecule has 0 fully saturated rings. The topological polar surface area (TPSA) is 91.2 Å². The normalized spacial score (nSPS) is 10.9. The molecule has 0 heterocycles. The number of benzene rings is 3. The Bertz CT molecular complexity index is 1300. The first-order valence-corrected chi connectivity index (χ1v) is 10.6. The van der Waals surface area contributed by atoms with E-state index in [1.54, 1.807) is 12.1 Å². The summed E-state index contributed by atoms with van der Waals surface area (Å²) in [4.78, 5) is 24.6. The predicted octanol–water partition coefficient (Wildman–Crippen LogP) is 5.66. The Labute approximate surface area is 201 Å². The molecule has 0 atom stereocenters. The summed E-state index contributed by atoms with van der Waals surface area (Å²) in [5, 5.41) is 15.0. The maximum atomic E-state index is 12.9. The molecule has 0 aliphatic heterocycles. The number of carbonyl (C=O) groups is 2. The molecule has 8 heteroatoms. The van der Waals surface area contributed by atoms with Crippen molar-refractivity contribution in [2.75, 3.05) is 17.2 Å². The molecular weight excluding hydrogens is 457 g/mol. The van der Waals surface area contributed by atoms with E-state index >= 15 is 0 Å². The summed E-state index contributed by atoms with van der Waals surface area (Å²) in [5.41, 5.74) is 3.43. The van der Waals surface area contributed by atoms with Gasteiger partial charge in [0.15, 0.2) is 6.61 Å². The number of amides is 2. The molecule has 0 spiro atoms. The number of anilines is 2. The van der Waals surface area contributed by atoms with Crippen molar-refractivity contribution in [1.29, 1.82) is 5.26 Å². The summed E-state index contributed by atoms with van der Waals surface area (Å²) in [6.45, 7) is 3.51. The molecule has 6 nitrogen and oxygen atoms in total. The van der Waals surface area contributed by atoms with E-state index in [9.17, 15) is 19.2 Å². The van der Waals surface area contributed by atoms with Crippen molar-refractivity contribution in [3.05, 3.63) is 93.8 Å². The number of nitrogens with one attached hydrogen (secondary N) is 2. The molecule has 3 rings (SSSR count). The smallest absolute Gasteiger partial charge is 0.266 e. The van der Waals surface area contributed by atoms with E-state index < -0.39 is 17.6 Å². The molecule has 0 bridgehead atoms. The van der Waals surface area contributed by atoms with Gasteiger partial charge in [-0.25, -0.2) is 4.39 Å². The fourth-order valence-electron chi connectivity index (χ4n) is 3.06. The molecule has 0 aliphatic carbocycles. The lowest BCUT2D eigenvalue weighted by molar-refractivity contribution is -0.118. The van der Waals surface area contributed by atoms with Crippen LogP contribution >= 0.6 is 11.6 Å². The number of carbonyl (C=O) groups excluding carboxylic acids is 2. The Morgan fingerprint density at radius 1 is 1.06 bits per heavy atom. The highest BCUT2D eigenvalue weighted by Crippen LogP contribution is 2.27. The van der Waals surface area contributed by atoms with E-state index in [4.69, 9.17) is 16.3 Å². The van der Waals surface area contributed by atoms with E-state index in [2.05, 4.69) is 10.6 Å². The summed E-state index contributed by atoms with van der Waals surface area (Å²) >= 11 is 6.25. The molecule has 3 aromatic rings. The Morgan fingerprint density at radius 3 is 2.44 bits per heavy atom. The maximum Gasteiger partial charge on any atom is 0.266 e. The summed E-state index contributed by atoms with van der Waals surface area (Å²) in [5.74, 6) is -1.13. The van der Waals surface area contributed by atoms with Crippen LogP contribution in [0.15, 0.2) is 66.2 Å². The second-order valence-electron chi connectivity index (χ2n) is 7.48. The van der Waals surface area contributed by atoms with Gasteiger partial charge in [0.1, 0.15) is 23.2 Å². The van der Waals surface area contributed by atoms with Crippen molar-refractivity contribution in [3.8, 4) is 11.8 Å². The number of nitriles is 1. The molecule has 0 saturated heterocycles. The van der Waals surface area contributed by atoms with Gasteiger partial charge in [0.25, 0.3) is 11.8 Å². The number of halogens is 2. The van der Waals surface area contributed by atoms with Crippen LogP contribution in [0.4, 0.5) is 15.8 Å². The largest absolute Gasteiger partial charge is 0.482 e. The molecule has 3 aromatic carbocycles. The Kier molecular flexibility index (Phi) is 8.01. The zero-order valence-electron chi connectivity index (χ0n) is 18.5. The number of hydrogen-bond donors (Lipinski definition) is 2. The Balaban J connectivity index is 1.64. The van der Waals surface area contributed by atoms with Crippen LogP contribution < -0.4 is 15.4 Å². The van der Waals surface area contributed by atoms with Gasteiger partial charge >= 0.3 is 0 Å². The average Bonchev–Trinajstić information content (AvgIpc) is 2.80. The lowest BCUT2D eigenvalue weighted by Gasteiger charge is -2.10. The number of ether oxygens (including phenoxy) is 1. The SMILES string of the molecule is Cc1ccc(NC(=O)C(C#N)=Cc2ccc(OCC(=O)Nc3ccc(F)cc3)c(Cl)c2)c(C)c1. The first-order chi connectivity index (χ1) is 16.2. The van der Waals surface area contributed by atoms with Gasteiger partial charge in [0.2, 0.25) is 0 Å². The number of rotatable bonds is 7. The van der Waals surface area contributed by atoms with Crippen molar-refractivity contribution in [1.82, 2.24) is 0 Å². The molecule has 172 valence electrons. The third-order valence-corrected chi connectivity index (χ3v) is 5.04. The highest BCUT2D eigenvalue weighted by Gasteiger charge is 2.12. The summed E-state index contributed by atoms with van der Waals surface area (Å²) in [7, 11) is 0. The minimum atomic E-state index is -0.539. The zero-order chi connectivity index (χ0) is 24.7. The van der Waals surface area contributed by atoms with Crippen molar-refractivity contribution >= 4 is 40.9 Å². The first-order valence-electron chi connectivity index (χ1n) is 10.2. The fourth-order valence-corrected chi connectivity index (χ4v) is 3.30. The average molecular weight is 478 g/mol. The third-order valence-electron chi connectivity index (χ3n) is 4.75. The molecule has 0 aromatic heterocycles. The molecule has 0 aliphatic rings. The van der Waals surface area contributed by atoms with Crippen LogP contribution in [-0.2, 0) is 9.59 Å². The van der Waals surface area contributed by atoms with Crippen molar-refractivity contribution in [3.63, 3.8) is 0 Å². The highest BCUT2D eigenvalue weighted by atomic mass is 35.5. The van der Waals surface area contributed by atoms with Gasteiger partial charge < -0.3 is 15.4 Å². The van der Waals surface area contributed by atoms with Gasteiger partial charge in [-0.3, -0.25) is 9.59 Å². The van der Waals surface area contributed by atoms with Gasteiger partial charge in [-0.05, 0) is 73.5 Å². The fraction of sp³-hybridized carbons (Fsp3) is 0.115. The monoisotopic (exact) mass is 477 g/mol. The van der Waals surface area contributed by atoms with Crippen LogP contribution in [0.5, 0.6) is 5.75 Å². The van der Waals surface area contributed by atoms with E-state index in [-0.39, 0.29) is 23.0 Å². The molecule has 2 amide bonds. The number of hydrogen-bond acceptors (Lipinski definition) is 4. The van der Waals surface area contributed by atoms with Crippen LogP contribution in [0.1, 0.15) is 16.7 Å². The van der Waals surface area contributed by atoms with Crippen LogP contribution in [0.2, 0.25) is 5.02 Å². The molecular formula is C26H21ClFN3O3. The van der Waals surface area contributed by atoms with Crippen molar-refractivity contribution < 1.29 is 18.7 Å². The number of aryl methyl sites for hydroxylation is 2. The highest BCUT2D eigenvalue weighted by molar-refractivity contribution is 6.32. The van der Waals surface area contributed by atoms with Crippen molar-refractivity contribution in [2.24, 2.45) is 0 Å². The van der Waals surface area contributed by atoms with Gasteiger partial charge in [0.05, 0.1) is 5.02 Å². The predicted molar refractivity (Wildman–Crippen MR) is 130 cm³/mol. The van der Waals surface area contributed by atoms with E-state index in [0.29, 0.717) is 16.9 Å². The molecule has 0 radical (unpaired) electrons. The van der Waals surface area contributed by atoms with Crippen LogP contribution in [-0.4, -0.2) is 18.4 Å². The lowest BCUT2D eigenvalue weighted by Crippen LogP contribution is -2.20. The first kappa shape index (κ1) is 24.5. The molecule has 0 saturated carbocycles. The summed E-state index contributed by atoms with van der Waals surface area (Å²) < 4.78 is 18.4. The Morgan fingerprint density at radius 2 is 1.79 bits per heavy atom. The van der Waals surface area contributed by atoms with E-state index in [0.717, 1.165) is 11.1 Å².